The summed E-state index contributed by atoms with van der Waals surface area (Å²) in [6.45, 7) is 1.64. The van der Waals surface area contributed by atoms with E-state index in [0.29, 0.717) is 12.2 Å². The first-order valence-electron chi connectivity index (χ1n) is 5.72. The molecular formula is C12H15NO5S. The number of non-ortho nitro benzene ring substituents is 1. The highest BCUT2D eigenvalue weighted by Gasteiger charge is 2.14. The van der Waals surface area contributed by atoms with Gasteiger partial charge in [0.15, 0.2) is 0 Å². The van der Waals surface area contributed by atoms with Crippen molar-refractivity contribution in [3.05, 3.63) is 39.9 Å². The topological polar surface area (TPSA) is 97.5 Å². The Balaban J connectivity index is 2.50. The Hall–Kier alpha value is -1.76. The quantitative estimate of drug-likeness (QED) is 0.608. The minimum absolute atomic E-state index is 0.0177. The fourth-order valence-electron chi connectivity index (χ4n) is 1.54. The zero-order valence-electron chi connectivity index (χ0n) is 10.4. The predicted molar refractivity (Wildman–Crippen MR) is 71.5 cm³/mol. The predicted octanol–water partition coefficient (Wildman–Crippen LogP) is 1.75. The lowest BCUT2D eigenvalue weighted by Gasteiger charge is -2.08. The van der Waals surface area contributed by atoms with Crippen LogP contribution in [0.2, 0.25) is 0 Å². The number of aliphatic carboxylic acids is 1. The van der Waals surface area contributed by atoms with E-state index in [4.69, 9.17) is 5.11 Å². The van der Waals surface area contributed by atoms with Gasteiger partial charge in [-0.2, -0.15) is 0 Å². The van der Waals surface area contributed by atoms with Crippen LogP contribution in [0.4, 0.5) is 5.69 Å². The molecule has 19 heavy (non-hydrogen) atoms. The van der Waals surface area contributed by atoms with Gasteiger partial charge in [0, 0.05) is 33.9 Å². The lowest BCUT2D eigenvalue weighted by atomic mass is 10.1. The van der Waals surface area contributed by atoms with E-state index in [1.165, 1.54) is 12.1 Å². The molecule has 1 aromatic rings. The van der Waals surface area contributed by atoms with Gasteiger partial charge in [-0.1, -0.05) is 19.1 Å². The highest BCUT2D eigenvalue weighted by atomic mass is 32.2. The zero-order valence-corrected chi connectivity index (χ0v) is 11.3. The molecule has 1 aromatic carbocycles. The van der Waals surface area contributed by atoms with Crippen LogP contribution in [0.25, 0.3) is 0 Å². The molecule has 2 unspecified atom stereocenters. The first kappa shape index (κ1) is 15.3. The summed E-state index contributed by atoms with van der Waals surface area (Å²) in [5, 5.41) is 18.7. The Bertz CT molecular complexity index is 485. The van der Waals surface area contributed by atoms with Gasteiger partial charge in [0.05, 0.1) is 11.3 Å². The van der Waals surface area contributed by atoms with Crippen LogP contribution < -0.4 is 0 Å². The van der Waals surface area contributed by atoms with Gasteiger partial charge < -0.3 is 5.11 Å². The average molecular weight is 285 g/mol. The zero-order chi connectivity index (χ0) is 14.4. The third-order valence-corrected chi connectivity index (χ3v) is 4.32. The number of rotatable bonds is 7. The number of aryl methyl sites for hydroxylation is 1. The van der Waals surface area contributed by atoms with Crippen LogP contribution in [0.3, 0.4) is 0 Å². The first-order chi connectivity index (χ1) is 8.90. The molecule has 0 radical (unpaired) electrons. The van der Waals surface area contributed by atoms with Gasteiger partial charge in [-0.3, -0.25) is 19.1 Å². The smallest absolute Gasteiger partial charge is 0.304 e. The summed E-state index contributed by atoms with van der Waals surface area (Å²) in [5.41, 5.74) is 0.866. The summed E-state index contributed by atoms with van der Waals surface area (Å²) < 4.78 is 11.8. The third kappa shape index (κ3) is 5.17. The maximum atomic E-state index is 11.8. The van der Waals surface area contributed by atoms with E-state index in [1.54, 1.807) is 19.1 Å². The molecule has 0 spiro atoms. The standard InChI is InChI=1S/C12H15NO5S/c1-9(8-12(14)15)19(18)7-6-10-2-4-11(5-3-10)13(16)17/h2-5,9H,6-8H2,1H3,(H,14,15). The Labute approximate surface area is 113 Å². The Morgan fingerprint density at radius 2 is 2.00 bits per heavy atom. The minimum Gasteiger partial charge on any atom is -0.481 e. The molecule has 2 atom stereocenters. The van der Waals surface area contributed by atoms with E-state index in [2.05, 4.69) is 0 Å². The number of nitrogens with zero attached hydrogens (tertiary/aromatic N) is 1. The molecule has 1 rings (SSSR count). The molecule has 0 aliphatic carbocycles. The van der Waals surface area contributed by atoms with Crippen LogP contribution in [-0.2, 0) is 22.0 Å². The molecule has 0 bridgehead atoms. The molecule has 0 aromatic heterocycles. The lowest BCUT2D eigenvalue weighted by molar-refractivity contribution is -0.384. The van der Waals surface area contributed by atoms with Gasteiger partial charge >= 0.3 is 5.97 Å². The molecule has 0 saturated carbocycles. The second-order valence-corrected chi connectivity index (χ2v) is 6.14. The summed E-state index contributed by atoms with van der Waals surface area (Å²) in [5.74, 6) is -0.608. The fourth-order valence-corrected chi connectivity index (χ4v) is 2.71. The number of carboxylic acids is 1. The van der Waals surface area contributed by atoms with Crippen molar-refractivity contribution in [2.75, 3.05) is 5.75 Å². The summed E-state index contributed by atoms with van der Waals surface area (Å²) in [7, 11) is -1.21. The van der Waals surface area contributed by atoms with E-state index in [-0.39, 0.29) is 12.1 Å². The first-order valence-corrected chi connectivity index (χ1v) is 7.10. The monoisotopic (exact) mass is 285 g/mol. The number of carboxylic acid groups (broad SMARTS) is 1. The summed E-state index contributed by atoms with van der Waals surface area (Å²) in [6.07, 6.45) is 0.390. The highest BCUT2D eigenvalue weighted by Crippen LogP contribution is 2.13. The van der Waals surface area contributed by atoms with E-state index < -0.39 is 26.9 Å². The molecule has 7 heteroatoms. The van der Waals surface area contributed by atoms with Crippen molar-refractivity contribution >= 4 is 22.5 Å². The molecule has 6 nitrogen and oxygen atoms in total. The van der Waals surface area contributed by atoms with Crippen LogP contribution in [0.1, 0.15) is 18.9 Å². The number of hydrogen-bond donors (Lipinski definition) is 1. The highest BCUT2D eigenvalue weighted by molar-refractivity contribution is 7.85. The number of nitro groups is 1. The van der Waals surface area contributed by atoms with Crippen molar-refractivity contribution in [3.8, 4) is 0 Å². The molecule has 0 amide bonds. The van der Waals surface area contributed by atoms with Crippen molar-refractivity contribution in [1.82, 2.24) is 0 Å². The Morgan fingerprint density at radius 3 is 2.47 bits per heavy atom. The van der Waals surface area contributed by atoms with Crippen LogP contribution in [0.15, 0.2) is 24.3 Å². The van der Waals surface area contributed by atoms with E-state index in [1.807, 2.05) is 0 Å². The molecule has 1 N–H and O–H groups in total. The fraction of sp³-hybridized carbons (Fsp3) is 0.417. The van der Waals surface area contributed by atoms with E-state index >= 15 is 0 Å². The Kier molecular flexibility index (Phi) is 5.62. The van der Waals surface area contributed by atoms with Gasteiger partial charge in [0.25, 0.3) is 5.69 Å². The summed E-state index contributed by atoms with van der Waals surface area (Å²) >= 11 is 0. The van der Waals surface area contributed by atoms with Crippen molar-refractivity contribution < 1.29 is 19.0 Å². The van der Waals surface area contributed by atoms with Gasteiger partial charge in [-0.25, -0.2) is 0 Å². The van der Waals surface area contributed by atoms with E-state index in [9.17, 15) is 19.1 Å². The van der Waals surface area contributed by atoms with Crippen molar-refractivity contribution in [1.29, 1.82) is 0 Å². The number of benzene rings is 1. The van der Waals surface area contributed by atoms with E-state index in [0.717, 1.165) is 5.56 Å². The average Bonchev–Trinajstić information content (AvgIpc) is 2.35. The molecule has 0 heterocycles. The van der Waals surface area contributed by atoms with Gasteiger partial charge in [0.1, 0.15) is 0 Å². The van der Waals surface area contributed by atoms with Crippen molar-refractivity contribution in [2.45, 2.75) is 25.0 Å². The molecular weight excluding hydrogens is 270 g/mol. The maximum Gasteiger partial charge on any atom is 0.304 e. The number of hydrogen-bond acceptors (Lipinski definition) is 4. The van der Waals surface area contributed by atoms with Gasteiger partial charge in [0.2, 0.25) is 0 Å². The normalized spacial score (nSPS) is 13.7. The molecule has 0 fully saturated rings. The molecule has 104 valence electrons. The third-order valence-electron chi connectivity index (χ3n) is 2.65. The van der Waals surface area contributed by atoms with Crippen molar-refractivity contribution in [2.24, 2.45) is 0 Å². The summed E-state index contributed by atoms with van der Waals surface area (Å²) in [4.78, 5) is 20.5. The molecule has 0 saturated heterocycles. The largest absolute Gasteiger partial charge is 0.481 e. The van der Waals surface area contributed by atoms with Gasteiger partial charge in [-0.15, -0.1) is 0 Å². The minimum atomic E-state index is -1.21. The van der Waals surface area contributed by atoms with Crippen molar-refractivity contribution in [3.63, 3.8) is 0 Å². The second kappa shape index (κ2) is 6.98. The van der Waals surface area contributed by atoms with Crippen LogP contribution in [-0.4, -0.2) is 31.2 Å². The van der Waals surface area contributed by atoms with Crippen LogP contribution >= 0.6 is 0 Å². The maximum absolute atomic E-state index is 11.8. The lowest BCUT2D eigenvalue weighted by Crippen LogP contribution is -2.19. The summed E-state index contributed by atoms with van der Waals surface area (Å²) in [6, 6.07) is 6.05. The number of carbonyl (C=O) groups is 1. The Morgan fingerprint density at radius 1 is 1.42 bits per heavy atom. The van der Waals surface area contributed by atoms with Crippen LogP contribution in [0.5, 0.6) is 0 Å². The van der Waals surface area contributed by atoms with Crippen LogP contribution in [0, 0.1) is 10.1 Å². The second-order valence-electron chi connectivity index (χ2n) is 4.17. The SMILES string of the molecule is CC(CC(=O)O)S(=O)CCc1ccc([N+](=O)[O-])cc1. The molecule has 0 aliphatic rings. The van der Waals surface area contributed by atoms with Gasteiger partial charge in [-0.05, 0) is 12.0 Å². The number of nitro benzene ring substituents is 1. The molecule has 0 aliphatic heterocycles.